The molecule has 0 amide bonds. The first-order valence-corrected chi connectivity index (χ1v) is 8.89. The molecule has 0 N–H and O–H groups in total. The number of rotatable bonds is 4. The average Bonchev–Trinajstić information content (AvgIpc) is 3.25. The van der Waals surface area contributed by atoms with Gasteiger partial charge in [-0.15, -0.1) is 0 Å². The van der Waals surface area contributed by atoms with E-state index < -0.39 is 0 Å². The summed E-state index contributed by atoms with van der Waals surface area (Å²) < 4.78 is 28.2. The largest absolute Gasteiger partial charge is 0.493 e. The zero-order chi connectivity index (χ0) is 18.3. The van der Waals surface area contributed by atoms with Gasteiger partial charge < -0.3 is 23.7 Å². The van der Waals surface area contributed by atoms with Gasteiger partial charge in [0, 0.05) is 0 Å². The number of hydrogen-bond acceptors (Lipinski definition) is 5. The van der Waals surface area contributed by atoms with Crippen LogP contribution in [0.25, 0.3) is 0 Å². The van der Waals surface area contributed by atoms with Crippen molar-refractivity contribution in [2.45, 2.75) is 26.1 Å². The van der Waals surface area contributed by atoms with E-state index in [-0.39, 0.29) is 19.0 Å². The number of hydrogen-bond donors (Lipinski definition) is 0. The lowest BCUT2D eigenvalue weighted by atomic mass is 9.85. The van der Waals surface area contributed by atoms with Crippen LogP contribution in [-0.2, 0) is 4.74 Å². The Morgan fingerprint density at radius 1 is 0.769 bits per heavy atom. The Hall–Kier alpha value is -2.40. The van der Waals surface area contributed by atoms with Gasteiger partial charge in [-0.25, -0.2) is 0 Å². The predicted octanol–water partition coefficient (Wildman–Crippen LogP) is 4.52. The molecule has 26 heavy (non-hydrogen) atoms. The molecule has 2 heterocycles. The summed E-state index contributed by atoms with van der Waals surface area (Å²) in [5.41, 5.74) is 2.22. The molecule has 5 heteroatoms. The maximum absolute atomic E-state index is 6.50. The van der Waals surface area contributed by atoms with Crippen LogP contribution in [0, 0.1) is 11.8 Å². The highest BCUT2D eigenvalue weighted by molar-refractivity contribution is 5.46. The molecule has 4 atom stereocenters. The number of fused-ring (bicyclic) bond motifs is 1. The summed E-state index contributed by atoms with van der Waals surface area (Å²) in [7, 11) is 3.29. The number of ether oxygens (including phenoxy) is 5. The second-order valence-electron chi connectivity index (χ2n) is 6.92. The highest BCUT2D eigenvalue weighted by Gasteiger charge is 2.41. The fourth-order valence-electron chi connectivity index (χ4n) is 3.84. The molecule has 2 aliphatic rings. The molecular formula is C21H24O5. The van der Waals surface area contributed by atoms with Crippen molar-refractivity contribution in [2.24, 2.45) is 11.8 Å². The van der Waals surface area contributed by atoms with Crippen molar-refractivity contribution in [1.82, 2.24) is 0 Å². The third-order valence-electron chi connectivity index (χ3n) is 5.54. The quantitative estimate of drug-likeness (QED) is 0.806. The van der Waals surface area contributed by atoms with E-state index in [1.54, 1.807) is 14.2 Å². The van der Waals surface area contributed by atoms with Crippen molar-refractivity contribution in [2.75, 3.05) is 21.0 Å². The van der Waals surface area contributed by atoms with Gasteiger partial charge >= 0.3 is 0 Å². The summed E-state index contributed by atoms with van der Waals surface area (Å²) in [6.45, 7) is 4.75. The number of benzene rings is 2. The van der Waals surface area contributed by atoms with Gasteiger partial charge in [-0.3, -0.25) is 0 Å². The summed E-state index contributed by atoms with van der Waals surface area (Å²) in [6.07, 6.45) is 0.0119. The molecule has 0 saturated carbocycles. The van der Waals surface area contributed by atoms with Crippen LogP contribution in [0.3, 0.4) is 0 Å². The van der Waals surface area contributed by atoms with Crippen molar-refractivity contribution < 1.29 is 23.7 Å². The van der Waals surface area contributed by atoms with Gasteiger partial charge in [-0.1, -0.05) is 26.0 Å². The van der Waals surface area contributed by atoms with E-state index in [2.05, 4.69) is 26.0 Å². The van der Waals surface area contributed by atoms with Crippen LogP contribution in [0.5, 0.6) is 23.0 Å². The third kappa shape index (κ3) is 2.76. The minimum absolute atomic E-state index is 0.000212. The molecule has 2 aliphatic heterocycles. The smallest absolute Gasteiger partial charge is 0.231 e. The fourth-order valence-corrected chi connectivity index (χ4v) is 3.84. The minimum atomic E-state index is 0.000212. The summed E-state index contributed by atoms with van der Waals surface area (Å²) in [5.74, 6) is 3.77. The summed E-state index contributed by atoms with van der Waals surface area (Å²) in [4.78, 5) is 0. The lowest BCUT2D eigenvalue weighted by Gasteiger charge is -2.18. The van der Waals surface area contributed by atoms with Crippen LogP contribution in [0.1, 0.15) is 37.2 Å². The number of methoxy groups -OCH3 is 2. The lowest BCUT2D eigenvalue weighted by Crippen LogP contribution is -2.10. The Morgan fingerprint density at radius 3 is 2.08 bits per heavy atom. The highest BCUT2D eigenvalue weighted by atomic mass is 16.7. The Bertz CT molecular complexity index is 803. The van der Waals surface area contributed by atoms with Gasteiger partial charge in [0.05, 0.1) is 26.4 Å². The van der Waals surface area contributed by atoms with Crippen molar-refractivity contribution in [3.8, 4) is 23.0 Å². The van der Waals surface area contributed by atoms with Gasteiger partial charge in [0.25, 0.3) is 0 Å². The van der Waals surface area contributed by atoms with E-state index in [9.17, 15) is 0 Å². The Labute approximate surface area is 153 Å². The van der Waals surface area contributed by atoms with Crippen LogP contribution in [0.15, 0.2) is 36.4 Å². The van der Waals surface area contributed by atoms with Gasteiger partial charge in [0.15, 0.2) is 23.0 Å². The standard InChI is InChI=1S/C21H24O5/c1-12-13(2)21(15-6-8-17-19(10-15)25-11-24-17)26-20(12)14-5-7-16(22-3)18(9-14)23-4/h5-10,12-13,20-21H,11H2,1-4H3/t12-,13+,20-,21+/m0/s1. The normalized spacial score (nSPS) is 26.8. The van der Waals surface area contributed by atoms with Crippen LogP contribution in [-0.4, -0.2) is 21.0 Å². The molecule has 5 nitrogen and oxygen atoms in total. The Kier molecular flexibility index (Phi) is 4.41. The molecule has 0 radical (unpaired) electrons. The summed E-state index contributed by atoms with van der Waals surface area (Å²) >= 11 is 0. The van der Waals surface area contributed by atoms with Crippen molar-refractivity contribution in [1.29, 1.82) is 0 Å². The molecule has 4 rings (SSSR count). The molecule has 0 spiro atoms. The van der Waals surface area contributed by atoms with Gasteiger partial charge in [-0.05, 0) is 47.2 Å². The zero-order valence-electron chi connectivity index (χ0n) is 15.5. The first-order chi connectivity index (χ1) is 12.6. The van der Waals surface area contributed by atoms with Gasteiger partial charge in [-0.2, -0.15) is 0 Å². The summed E-state index contributed by atoms with van der Waals surface area (Å²) in [5, 5.41) is 0. The Morgan fingerprint density at radius 2 is 1.38 bits per heavy atom. The molecule has 0 unspecified atom stereocenters. The van der Waals surface area contributed by atoms with Crippen molar-refractivity contribution in [3.05, 3.63) is 47.5 Å². The highest BCUT2D eigenvalue weighted by Crippen LogP contribution is 2.50. The van der Waals surface area contributed by atoms with Crippen LogP contribution < -0.4 is 18.9 Å². The molecule has 0 bridgehead atoms. The van der Waals surface area contributed by atoms with E-state index in [1.807, 2.05) is 24.3 Å². The van der Waals surface area contributed by atoms with Crippen LogP contribution in [0.4, 0.5) is 0 Å². The van der Waals surface area contributed by atoms with Crippen LogP contribution in [0.2, 0.25) is 0 Å². The zero-order valence-corrected chi connectivity index (χ0v) is 15.5. The second kappa shape index (κ2) is 6.72. The second-order valence-corrected chi connectivity index (χ2v) is 6.92. The minimum Gasteiger partial charge on any atom is -0.493 e. The predicted molar refractivity (Wildman–Crippen MR) is 97.0 cm³/mol. The monoisotopic (exact) mass is 356 g/mol. The first kappa shape index (κ1) is 17.0. The third-order valence-corrected chi connectivity index (χ3v) is 5.54. The maximum atomic E-state index is 6.50. The van der Waals surface area contributed by atoms with Crippen molar-refractivity contribution >= 4 is 0 Å². The Balaban J connectivity index is 1.62. The van der Waals surface area contributed by atoms with Gasteiger partial charge in [0.1, 0.15) is 0 Å². The van der Waals surface area contributed by atoms with E-state index in [4.69, 9.17) is 23.7 Å². The topological polar surface area (TPSA) is 46.2 Å². The average molecular weight is 356 g/mol. The molecular weight excluding hydrogens is 332 g/mol. The van der Waals surface area contributed by atoms with E-state index in [0.29, 0.717) is 11.8 Å². The van der Waals surface area contributed by atoms with E-state index in [0.717, 1.165) is 34.1 Å². The first-order valence-electron chi connectivity index (χ1n) is 8.89. The molecule has 0 aliphatic carbocycles. The SMILES string of the molecule is COc1ccc([C@H]2O[C@@H](c3ccc4c(c3)OCO4)[C@H](C)[C@@H]2C)cc1OC. The maximum Gasteiger partial charge on any atom is 0.231 e. The molecule has 2 aromatic rings. The van der Waals surface area contributed by atoms with E-state index in [1.165, 1.54) is 0 Å². The molecule has 1 saturated heterocycles. The fraction of sp³-hybridized carbons (Fsp3) is 0.429. The van der Waals surface area contributed by atoms with E-state index >= 15 is 0 Å². The summed E-state index contributed by atoms with van der Waals surface area (Å²) in [6, 6.07) is 12.1. The van der Waals surface area contributed by atoms with Crippen LogP contribution >= 0.6 is 0 Å². The molecule has 1 fully saturated rings. The van der Waals surface area contributed by atoms with Crippen molar-refractivity contribution in [3.63, 3.8) is 0 Å². The molecule has 0 aromatic heterocycles. The molecule has 138 valence electrons. The van der Waals surface area contributed by atoms with Gasteiger partial charge in [0.2, 0.25) is 6.79 Å². The molecule has 2 aromatic carbocycles. The lowest BCUT2D eigenvalue weighted by molar-refractivity contribution is 0.0288.